The van der Waals surface area contributed by atoms with Gasteiger partial charge in [0.1, 0.15) is 11.6 Å². The maximum atomic E-state index is 11.9. The highest BCUT2D eigenvalue weighted by Crippen LogP contribution is 2.39. The minimum atomic E-state index is -0.584. The molecule has 0 saturated carbocycles. The van der Waals surface area contributed by atoms with E-state index in [-0.39, 0.29) is 12.2 Å². The molecule has 3 rings (SSSR count). The third-order valence-electron chi connectivity index (χ3n) is 3.58. The lowest BCUT2D eigenvalue weighted by Crippen LogP contribution is -2.05. The molecule has 24 heavy (non-hydrogen) atoms. The van der Waals surface area contributed by atoms with Crippen LogP contribution in [0, 0.1) is 11.3 Å². The topological polar surface area (TPSA) is 50.1 Å². The molecule has 0 unspecified atom stereocenters. The van der Waals surface area contributed by atoms with Crippen LogP contribution in [0.2, 0.25) is 0 Å². The van der Waals surface area contributed by atoms with Crippen LogP contribution in [-0.2, 0) is 9.53 Å². The first-order chi connectivity index (χ1) is 11.7. The van der Waals surface area contributed by atoms with Gasteiger partial charge >= 0.3 is 5.97 Å². The smallest absolute Gasteiger partial charge is 0.348 e. The number of carbonyl (C=O) groups excluding carboxylic acids is 1. The van der Waals surface area contributed by atoms with E-state index in [1.54, 1.807) is 24.3 Å². The molecule has 4 heteroatoms. The Morgan fingerprint density at radius 1 is 1.12 bits per heavy atom. The van der Waals surface area contributed by atoms with E-state index in [1.807, 2.05) is 42.5 Å². The summed E-state index contributed by atoms with van der Waals surface area (Å²) < 4.78 is 4.95. The number of hydrogen-bond donors (Lipinski definition) is 0. The van der Waals surface area contributed by atoms with Crippen LogP contribution >= 0.6 is 11.3 Å². The first-order valence-corrected chi connectivity index (χ1v) is 8.42. The fraction of sp³-hybridized carbons (Fsp3) is 0.100. The predicted octanol–water partition coefficient (Wildman–Crippen LogP) is 5.04. The normalized spacial score (nSPS) is 11.2. The third-order valence-corrected chi connectivity index (χ3v) is 4.79. The van der Waals surface area contributed by atoms with E-state index in [0.717, 1.165) is 26.1 Å². The SMILES string of the molecule is CCOC(=O)/C(C#N)=C\c1sc(-c2ccccc2)c2ccccc12. The molecular formula is C20H15NO2S. The Kier molecular flexibility index (Phi) is 4.74. The summed E-state index contributed by atoms with van der Waals surface area (Å²) in [5, 5.41) is 11.4. The number of fused-ring (bicyclic) bond motifs is 1. The molecule has 0 aliphatic rings. The number of carbonyl (C=O) groups is 1. The van der Waals surface area contributed by atoms with Gasteiger partial charge < -0.3 is 4.74 Å². The summed E-state index contributed by atoms with van der Waals surface area (Å²) in [7, 11) is 0. The fourth-order valence-corrected chi connectivity index (χ4v) is 3.73. The summed E-state index contributed by atoms with van der Waals surface area (Å²) >= 11 is 1.57. The van der Waals surface area contributed by atoms with Gasteiger partial charge in [0.2, 0.25) is 0 Å². The molecule has 0 aliphatic carbocycles. The van der Waals surface area contributed by atoms with Gasteiger partial charge in [-0.25, -0.2) is 4.79 Å². The molecule has 0 radical (unpaired) electrons. The van der Waals surface area contributed by atoms with E-state index >= 15 is 0 Å². The summed E-state index contributed by atoms with van der Waals surface area (Å²) in [6, 6.07) is 20.0. The van der Waals surface area contributed by atoms with Crippen molar-refractivity contribution < 1.29 is 9.53 Å². The molecule has 0 bridgehead atoms. The van der Waals surface area contributed by atoms with Crippen molar-refractivity contribution in [1.29, 1.82) is 5.26 Å². The minimum Gasteiger partial charge on any atom is -0.462 e. The first kappa shape index (κ1) is 16.0. The number of hydrogen-bond acceptors (Lipinski definition) is 4. The number of esters is 1. The average Bonchev–Trinajstić information content (AvgIpc) is 2.99. The maximum Gasteiger partial charge on any atom is 0.348 e. The highest BCUT2D eigenvalue weighted by molar-refractivity contribution is 7.18. The van der Waals surface area contributed by atoms with Gasteiger partial charge in [-0.05, 0) is 18.6 Å². The van der Waals surface area contributed by atoms with Crippen LogP contribution in [0.1, 0.15) is 11.8 Å². The number of thiophene rings is 1. The number of ether oxygens (including phenoxy) is 1. The lowest BCUT2D eigenvalue weighted by Gasteiger charge is -1.98. The summed E-state index contributed by atoms with van der Waals surface area (Å²) in [5.41, 5.74) is 1.14. The molecule has 0 saturated heterocycles. The molecule has 0 atom stereocenters. The molecule has 0 aliphatic heterocycles. The highest BCUT2D eigenvalue weighted by atomic mass is 32.1. The quantitative estimate of drug-likeness (QED) is 0.382. The molecule has 0 spiro atoms. The van der Waals surface area contributed by atoms with Crippen molar-refractivity contribution in [2.75, 3.05) is 6.61 Å². The lowest BCUT2D eigenvalue weighted by atomic mass is 10.1. The monoisotopic (exact) mass is 333 g/mol. The van der Waals surface area contributed by atoms with Crippen molar-refractivity contribution in [1.82, 2.24) is 0 Å². The molecule has 0 amide bonds. The molecule has 3 nitrogen and oxygen atoms in total. The van der Waals surface area contributed by atoms with Crippen LogP contribution in [0.15, 0.2) is 60.2 Å². The number of benzene rings is 2. The van der Waals surface area contributed by atoms with E-state index in [4.69, 9.17) is 4.74 Å². The van der Waals surface area contributed by atoms with Crippen molar-refractivity contribution in [3.63, 3.8) is 0 Å². The largest absolute Gasteiger partial charge is 0.462 e. The van der Waals surface area contributed by atoms with Gasteiger partial charge in [-0.2, -0.15) is 5.26 Å². The van der Waals surface area contributed by atoms with Crippen LogP contribution in [0.4, 0.5) is 0 Å². The van der Waals surface area contributed by atoms with E-state index in [2.05, 4.69) is 18.2 Å². The second kappa shape index (κ2) is 7.12. The van der Waals surface area contributed by atoms with E-state index < -0.39 is 5.97 Å². The zero-order valence-corrected chi connectivity index (χ0v) is 14.0. The van der Waals surface area contributed by atoms with Gasteiger partial charge in [-0.3, -0.25) is 0 Å². The van der Waals surface area contributed by atoms with Gasteiger partial charge in [0.05, 0.1) is 6.61 Å². The summed E-state index contributed by atoms with van der Waals surface area (Å²) in [4.78, 5) is 13.9. The Morgan fingerprint density at radius 2 is 1.79 bits per heavy atom. The second-order valence-electron chi connectivity index (χ2n) is 5.10. The molecule has 0 fully saturated rings. The van der Waals surface area contributed by atoms with Crippen LogP contribution in [0.25, 0.3) is 27.3 Å². The standard InChI is InChI=1S/C20H15NO2S/c1-2-23-20(22)15(13-21)12-18-16-10-6-7-11-17(16)19(24-18)14-8-4-3-5-9-14/h3-12H,2H2,1H3/b15-12-. The molecule has 118 valence electrons. The van der Waals surface area contributed by atoms with E-state index in [9.17, 15) is 10.1 Å². The van der Waals surface area contributed by atoms with Crippen LogP contribution in [0.3, 0.4) is 0 Å². The van der Waals surface area contributed by atoms with E-state index in [0.29, 0.717) is 0 Å². The van der Waals surface area contributed by atoms with Crippen molar-refractivity contribution in [3.8, 4) is 16.5 Å². The van der Waals surface area contributed by atoms with Crippen molar-refractivity contribution in [2.45, 2.75) is 6.92 Å². The van der Waals surface area contributed by atoms with Crippen LogP contribution in [-0.4, -0.2) is 12.6 Å². The zero-order valence-electron chi connectivity index (χ0n) is 13.2. The molecule has 1 aromatic heterocycles. The first-order valence-electron chi connectivity index (χ1n) is 7.60. The average molecular weight is 333 g/mol. The Balaban J connectivity index is 2.16. The third kappa shape index (κ3) is 3.08. The lowest BCUT2D eigenvalue weighted by molar-refractivity contribution is -0.137. The Morgan fingerprint density at radius 3 is 2.46 bits per heavy atom. The van der Waals surface area contributed by atoms with Crippen molar-refractivity contribution >= 4 is 34.2 Å². The summed E-state index contributed by atoms with van der Waals surface area (Å²) in [5.74, 6) is -0.584. The van der Waals surface area contributed by atoms with Gasteiger partial charge in [0.25, 0.3) is 0 Å². The van der Waals surface area contributed by atoms with Gasteiger partial charge in [0, 0.05) is 20.5 Å². The van der Waals surface area contributed by atoms with Gasteiger partial charge in [-0.1, -0.05) is 54.6 Å². The van der Waals surface area contributed by atoms with Crippen LogP contribution in [0.5, 0.6) is 0 Å². The summed E-state index contributed by atoms with van der Waals surface area (Å²) in [6.45, 7) is 1.97. The Hall–Kier alpha value is -2.90. The number of nitriles is 1. The summed E-state index contributed by atoms with van der Waals surface area (Å²) in [6.07, 6.45) is 1.62. The van der Waals surface area contributed by atoms with E-state index in [1.165, 1.54) is 0 Å². The van der Waals surface area contributed by atoms with Crippen molar-refractivity contribution in [3.05, 3.63) is 65.0 Å². The second-order valence-corrected chi connectivity index (χ2v) is 6.15. The molecule has 3 aromatic rings. The highest BCUT2D eigenvalue weighted by Gasteiger charge is 2.15. The minimum absolute atomic E-state index is 0.0171. The van der Waals surface area contributed by atoms with Gasteiger partial charge in [-0.15, -0.1) is 11.3 Å². The Bertz CT molecular complexity index is 949. The maximum absolute atomic E-state index is 11.9. The number of rotatable bonds is 4. The number of nitrogens with zero attached hydrogens (tertiary/aromatic N) is 1. The molecule has 0 N–H and O–H groups in total. The zero-order chi connectivity index (χ0) is 16.9. The predicted molar refractivity (Wildman–Crippen MR) is 97.5 cm³/mol. The Labute approximate surface area is 144 Å². The molecular weight excluding hydrogens is 318 g/mol. The van der Waals surface area contributed by atoms with Gasteiger partial charge in [0.15, 0.2) is 0 Å². The van der Waals surface area contributed by atoms with Crippen LogP contribution < -0.4 is 0 Å². The molecule has 1 heterocycles. The van der Waals surface area contributed by atoms with Crippen molar-refractivity contribution in [2.24, 2.45) is 0 Å². The fourth-order valence-electron chi connectivity index (χ4n) is 2.50. The molecule has 2 aromatic carbocycles.